The molecule has 0 radical (unpaired) electrons. The second kappa shape index (κ2) is 5.14. The molecule has 6 heteroatoms. The third kappa shape index (κ3) is 2.65. The number of cyclic esters (lactones) is 1. The number of benzene rings is 1. The molecule has 1 unspecified atom stereocenters. The van der Waals surface area contributed by atoms with Gasteiger partial charge in [0, 0.05) is 6.42 Å². The van der Waals surface area contributed by atoms with Crippen molar-refractivity contribution in [2.24, 2.45) is 10.8 Å². The lowest BCUT2D eigenvalue weighted by Gasteiger charge is -2.24. The lowest BCUT2D eigenvalue weighted by atomic mass is 9.97. The number of fused-ring (bicyclic) bond motifs is 1. The molecule has 0 fully saturated rings. The minimum atomic E-state index is -0.380. The first-order valence-corrected chi connectivity index (χ1v) is 5.87. The van der Waals surface area contributed by atoms with Crippen molar-refractivity contribution < 1.29 is 9.53 Å². The van der Waals surface area contributed by atoms with Gasteiger partial charge in [-0.3, -0.25) is 5.43 Å². The highest BCUT2D eigenvalue weighted by molar-refractivity contribution is 7.80. The normalized spacial score (nSPS) is 18.8. The van der Waals surface area contributed by atoms with Crippen LogP contribution in [-0.4, -0.2) is 22.9 Å². The fourth-order valence-electron chi connectivity index (χ4n) is 1.78. The van der Waals surface area contributed by atoms with E-state index < -0.39 is 0 Å². The van der Waals surface area contributed by atoms with Crippen molar-refractivity contribution in [2.75, 3.05) is 0 Å². The van der Waals surface area contributed by atoms with E-state index >= 15 is 0 Å². The standard InChI is InChI=1S/C12H13N3O2S/c1-7(14-15-12(13)18)10-6-8-4-2-3-5-9(8)11(16)17-10/h2-5,10H,6H2,1H3,(H3,13,15,18)/b14-7+. The highest BCUT2D eigenvalue weighted by Crippen LogP contribution is 2.21. The Labute approximate surface area is 110 Å². The predicted octanol–water partition coefficient (Wildman–Crippen LogP) is 0.977. The minimum absolute atomic E-state index is 0.0805. The molecule has 2 rings (SSSR count). The molecule has 5 nitrogen and oxygen atoms in total. The first-order valence-electron chi connectivity index (χ1n) is 5.46. The van der Waals surface area contributed by atoms with Crippen LogP contribution in [0.4, 0.5) is 0 Å². The molecule has 0 aliphatic carbocycles. The molecule has 0 saturated heterocycles. The number of ether oxygens (including phenoxy) is 1. The minimum Gasteiger partial charge on any atom is -0.452 e. The zero-order chi connectivity index (χ0) is 13.1. The molecular formula is C12H13N3O2S. The van der Waals surface area contributed by atoms with E-state index in [4.69, 9.17) is 10.5 Å². The predicted molar refractivity (Wildman–Crippen MR) is 72.4 cm³/mol. The Balaban J connectivity index is 2.18. The fraction of sp³-hybridized carbons (Fsp3) is 0.250. The second-order valence-corrected chi connectivity index (χ2v) is 4.42. The van der Waals surface area contributed by atoms with Crippen molar-refractivity contribution in [2.45, 2.75) is 19.4 Å². The second-order valence-electron chi connectivity index (χ2n) is 3.98. The third-order valence-corrected chi connectivity index (χ3v) is 2.79. The largest absolute Gasteiger partial charge is 0.452 e. The van der Waals surface area contributed by atoms with Crippen LogP contribution in [-0.2, 0) is 11.2 Å². The molecule has 18 heavy (non-hydrogen) atoms. The molecule has 1 aliphatic heterocycles. The molecule has 0 bridgehead atoms. The van der Waals surface area contributed by atoms with Crippen molar-refractivity contribution in [1.29, 1.82) is 0 Å². The summed E-state index contributed by atoms with van der Waals surface area (Å²) in [5.41, 5.74) is 9.97. The fourth-order valence-corrected chi connectivity index (χ4v) is 1.83. The number of rotatable bonds is 2. The molecule has 3 N–H and O–H groups in total. The number of hydrogen-bond acceptors (Lipinski definition) is 4. The molecule has 1 aromatic rings. The molecule has 1 aromatic carbocycles. The number of hydrazone groups is 1. The van der Waals surface area contributed by atoms with Crippen molar-refractivity contribution in [3.05, 3.63) is 35.4 Å². The van der Waals surface area contributed by atoms with Gasteiger partial charge in [0.1, 0.15) is 6.10 Å². The first kappa shape index (κ1) is 12.5. The van der Waals surface area contributed by atoms with Crippen molar-refractivity contribution >= 4 is 29.0 Å². The van der Waals surface area contributed by atoms with E-state index in [1.165, 1.54) is 0 Å². The Bertz CT molecular complexity index is 528. The summed E-state index contributed by atoms with van der Waals surface area (Å²) in [5, 5.41) is 4.06. The Morgan fingerprint density at radius 2 is 2.28 bits per heavy atom. The summed E-state index contributed by atoms with van der Waals surface area (Å²) in [4.78, 5) is 11.8. The van der Waals surface area contributed by atoms with Crippen LogP contribution in [0.25, 0.3) is 0 Å². The smallest absolute Gasteiger partial charge is 0.339 e. The number of thiocarbonyl (C=S) groups is 1. The van der Waals surface area contributed by atoms with Crippen LogP contribution in [0.3, 0.4) is 0 Å². The highest BCUT2D eigenvalue weighted by atomic mass is 32.1. The summed E-state index contributed by atoms with van der Waals surface area (Å²) < 4.78 is 5.31. The Morgan fingerprint density at radius 3 is 3.00 bits per heavy atom. The third-order valence-electron chi connectivity index (χ3n) is 2.70. The number of esters is 1. The number of hydrogen-bond donors (Lipinski definition) is 2. The summed E-state index contributed by atoms with van der Waals surface area (Å²) in [6.45, 7) is 1.76. The molecule has 0 saturated carbocycles. The molecular weight excluding hydrogens is 250 g/mol. The zero-order valence-corrected chi connectivity index (χ0v) is 10.7. The molecule has 0 spiro atoms. The van der Waals surface area contributed by atoms with Gasteiger partial charge in [-0.05, 0) is 30.8 Å². The number of nitrogens with one attached hydrogen (secondary N) is 1. The number of carbonyl (C=O) groups is 1. The molecule has 0 aromatic heterocycles. The summed E-state index contributed by atoms with van der Waals surface area (Å²) in [7, 11) is 0. The van der Waals surface area contributed by atoms with E-state index in [2.05, 4.69) is 22.7 Å². The van der Waals surface area contributed by atoms with Crippen LogP contribution < -0.4 is 11.2 Å². The highest BCUT2D eigenvalue weighted by Gasteiger charge is 2.27. The zero-order valence-electron chi connectivity index (χ0n) is 9.84. The van der Waals surface area contributed by atoms with Crippen LogP contribution >= 0.6 is 12.2 Å². The Hall–Kier alpha value is -1.95. The van der Waals surface area contributed by atoms with Gasteiger partial charge in [0.05, 0.1) is 11.3 Å². The van der Waals surface area contributed by atoms with E-state index in [0.717, 1.165) is 5.56 Å². The lowest BCUT2D eigenvalue weighted by Crippen LogP contribution is -2.35. The van der Waals surface area contributed by atoms with E-state index in [-0.39, 0.29) is 17.2 Å². The van der Waals surface area contributed by atoms with Gasteiger partial charge in [0.2, 0.25) is 0 Å². The average Bonchev–Trinajstić information content (AvgIpc) is 2.36. The molecule has 1 atom stereocenters. The molecule has 0 amide bonds. The van der Waals surface area contributed by atoms with E-state index in [0.29, 0.717) is 17.7 Å². The average molecular weight is 263 g/mol. The molecule has 94 valence electrons. The summed E-state index contributed by atoms with van der Waals surface area (Å²) in [6.07, 6.45) is 0.227. The van der Waals surface area contributed by atoms with Gasteiger partial charge in [-0.25, -0.2) is 4.79 Å². The van der Waals surface area contributed by atoms with Crippen LogP contribution in [0.2, 0.25) is 0 Å². The maximum atomic E-state index is 11.8. The SMILES string of the molecule is C/C(=N\NC(N)=S)C1Cc2ccccc2C(=O)O1. The number of nitrogens with zero attached hydrogens (tertiary/aromatic N) is 1. The van der Waals surface area contributed by atoms with Crippen molar-refractivity contribution in [1.82, 2.24) is 5.43 Å². The summed E-state index contributed by atoms with van der Waals surface area (Å²) in [5.74, 6) is -0.327. The summed E-state index contributed by atoms with van der Waals surface area (Å²) >= 11 is 4.65. The van der Waals surface area contributed by atoms with E-state index in [1.54, 1.807) is 13.0 Å². The monoisotopic (exact) mass is 263 g/mol. The van der Waals surface area contributed by atoms with Gasteiger partial charge in [-0.1, -0.05) is 18.2 Å². The van der Waals surface area contributed by atoms with Gasteiger partial charge < -0.3 is 10.5 Å². The Morgan fingerprint density at radius 1 is 1.56 bits per heavy atom. The summed E-state index contributed by atoms with van der Waals surface area (Å²) in [6, 6.07) is 7.38. The van der Waals surface area contributed by atoms with E-state index in [1.807, 2.05) is 18.2 Å². The van der Waals surface area contributed by atoms with Crippen LogP contribution in [0.5, 0.6) is 0 Å². The van der Waals surface area contributed by atoms with Crippen LogP contribution in [0.1, 0.15) is 22.8 Å². The maximum Gasteiger partial charge on any atom is 0.339 e. The Kier molecular flexibility index (Phi) is 3.57. The van der Waals surface area contributed by atoms with Gasteiger partial charge in [-0.15, -0.1) is 0 Å². The van der Waals surface area contributed by atoms with E-state index in [9.17, 15) is 4.79 Å². The first-order chi connectivity index (χ1) is 8.58. The van der Waals surface area contributed by atoms with Crippen molar-refractivity contribution in [3.63, 3.8) is 0 Å². The van der Waals surface area contributed by atoms with Crippen LogP contribution in [0.15, 0.2) is 29.4 Å². The van der Waals surface area contributed by atoms with Gasteiger partial charge in [0.25, 0.3) is 0 Å². The van der Waals surface area contributed by atoms with Crippen molar-refractivity contribution in [3.8, 4) is 0 Å². The topological polar surface area (TPSA) is 76.7 Å². The molecule has 1 heterocycles. The maximum absolute atomic E-state index is 11.8. The van der Waals surface area contributed by atoms with Gasteiger partial charge in [0.15, 0.2) is 5.11 Å². The quantitative estimate of drug-likeness (QED) is 0.360. The number of nitrogens with two attached hydrogens (primary N) is 1. The van der Waals surface area contributed by atoms with Crippen LogP contribution in [0, 0.1) is 0 Å². The van der Waals surface area contributed by atoms with Gasteiger partial charge in [-0.2, -0.15) is 5.10 Å². The number of carbonyl (C=O) groups excluding carboxylic acids is 1. The van der Waals surface area contributed by atoms with Gasteiger partial charge >= 0.3 is 5.97 Å². The lowest BCUT2D eigenvalue weighted by molar-refractivity contribution is 0.0389. The molecule has 1 aliphatic rings.